The number of primary amides is 1. The molecule has 1 atom stereocenters. The lowest BCUT2D eigenvalue weighted by molar-refractivity contribution is -0.134. The van der Waals surface area contributed by atoms with Gasteiger partial charge in [0.15, 0.2) is 5.60 Å². The minimum Gasteiger partial charge on any atom is -0.378 e. The molecular weight excluding hydrogens is 232 g/mol. The summed E-state index contributed by atoms with van der Waals surface area (Å²) >= 11 is 0. The zero-order chi connectivity index (χ0) is 13.3. The van der Waals surface area contributed by atoms with Crippen LogP contribution >= 0.6 is 0 Å². The zero-order valence-electron chi connectivity index (χ0n) is 10.6. The van der Waals surface area contributed by atoms with Crippen LogP contribution in [0.5, 0.6) is 0 Å². The van der Waals surface area contributed by atoms with Gasteiger partial charge in [0.1, 0.15) is 11.6 Å². The molecule has 2 rings (SSSR count). The molecular formula is C12H18N4O2. The van der Waals surface area contributed by atoms with Crippen molar-refractivity contribution in [1.29, 1.82) is 0 Å². The standard InChI is InChI=1S/C12H18N4O2/c1-8(2)10-14-5-3-9(15-10)16-6-4-12(18,7-16)11(13)17/h3,5,8,18H,4,6-7H2,1-2H3,(H2,13,17). The first-order chi connectivity index (χ1) is 8.42. The van der Waals surface area contributed by atoms with Crippen molar-refractivity contribution in [3.8, 4) is 0 Å². The molecule has 1 aromatic rings. The average Bonchev–Trinajstić information content (AvgIpc) is 2.73. The number of β-amino-alcohol motifs (C(OH)–C–C–N with tert-alkyl or cyclic N) is 1. The molecule has 1 aromatic heterocycles. The van der Waals surface area contributed by atoms with E-state index >= 15 is 0 Å². The van der Waals surface area contributed by atoms with E-state index < -0.39 is 11.5 Å². The van der Waals surface area contributed by atoms with Gasteiger partial charge in [0, 0.05) is 25.1 Å². The zero-order valence-corrected chi connectivity index (χ0v) is 10.6. The van der Waals surface area contributed by atoms with E-state index in [4.69, 9.17) is 5.73 Å². The van der Waals surface area contributed by atoms with Gasteiger partial charge in [0.2, 0.25) is 0 Å². The van der Waals surface area contributed by atoms with Crippen LogP contribution in [0.25, 0.3) is 0 Å². The SMILES string of the molecule is CC(C)c1nccc(N2CCC(O)(C(N)=O)C2)n1. The maximum Gasteiger partial charge on any atom is 0.251 e. The molecule has 1 fully saturated rings. The monoisotopic (exact) mass is 250 g/mol. The summed E-state index contributed by atoms with van der Waals surface area (Å²) in [5.41, 5.74) is 3.76. The molecule has 6 nitrogen and oxygen atoms in total. The Kier molecular flexibility index (Phi) is 3.21. The normalized spacial score (nSPS) is 23.7. The number of rotatable bonds is 3. The molecule has 0 radical (unpaired) electrons. The highest BCUT2D eigenvalue weighted by atomic mass is 16.3. The molecule has 2 heterocycles. The summed E-state index contributed by atoms with van der Waals surface area (Å²) in [6.45, 7) is 4.79. The molecule has 98 valence electrons. The summed E-state index contributed by atoms with van der Waals surface area (Å²) in [7, 11) is 0. The molecule has 0 bridgehead atoms. The molecule has 0 aromatic carbocycles. The van der Waals surface area contributed by atoms with Gasteiger partial charge in [-0.3, -0.25) is 4.79 Å². The highest BCUT2D eigenvalue weighted by Gasteiger charge is 2.41. The Hall–Kier alpha value is -1.69. The molecule has 1 saturated heterocycles. The second-order valence-corrected chi connectivity index (χ2v) is 5.00. The number of aromatic nitrogens is 2. The van der Waals surface area contributed by atoms with Gasteiger partial charge in [-0.1, -0.05) is 13.8 Å². The van der Waals surface area contributed by atoms with E-state index in [9.17, 15) is 9.90 Å². The number of anilines is 1. The van der Waals surface area contributed by atoms with E-state index in [1.165, 1.54) is 0 Å². The van der Waals surface area contributed by atoms with Crippen molar-refractivity contribution < 1.29 is 9.90 Å². The molecule has 1 aliphatic rings. The summed E-state index contributed by atoms with van der Waals surface area (Å²) in [4.78, 5) is 21.7. The summed E-state index contributed by atoms with van der Waals surface area (Å²) in [5.74, 6) is 1.04. The Balaban J connectivity index is 2.19. The molecule has 3 N–H and O–H groups in total. The first-order valence-electron chi connectivity index (χ1n) is 6.02. The van der Waals surface area contributed by atoms with Crippen LogP contribution in [0.3, 0.4) is 0 Å². The van der Waals surface area contributed by atoms with Gasteiger partial charge in [-0.15, -0.1) is 0 Å². The van der Waals surface area contributed by atoms with Crippen LogP contribution < -0.4 is 10.6 Å². The number of carbonyl (C=O) groups excluding carboxylic acids is 1. The first-order valence-corrected chi connectivity index (χ1v) is 6.02. The van der Waals surface area contributed by atoms with E-state index in [2.05, 4.69) is 9.97 Å². The second kappa shape index (κ2) is 4.53. The van der Waals surface area contributed by atoms with Crippen LogP contribution in [0.15, 0.2) is 12.3 Å². The van der Waals surface area contributed by atoms with Crippen LogP contribution in [0.4, 0.5) is 5.82 Å². The van der Waals surface area contributed by atoms with Gasteiger partial charge >= 0.3 is 0 Å². The number of nitrogens with zero attached hydrogens (tertiary/aromatic N) is 3. The number of hydrogen-bond donors (Lipinski definition) is 2. The minimum atomic E-state index is -1.44. The molecule has 0 saturated carbocycles. The molecule has 1 aliphatic heterocycles. The maximum atomic E-state index is 11.2. The highest BCUT2D eigenvalue weighted by molar-refractivity contribution is 5.84. The number of carbonyl (C=O) groups is 1. The number of amides is 1. The van der Waals surface area contributed by atoms with Gasteiger partial charge in [-0.05, 0) is 6.07 Å². The summed E-state index contributed by atoms with van der Waals surface area (Å²) in [6, 6.07) is 1.78. The van der Waals surface area contributed by atoms with Crippen molar-refractivity contribution in [2.75, 3.05) is 18.0 Å². The van der Waals surface area contributed by atoms with E-state index in [0.717, 1.165) is 11.6 Å². The lowest BCUT2D eigenvalue weighted by Gasteiger charge is -2.21. The van der Waals surface area contributed by atoms with E-state index in [0.29, 0.717) is 13.0 Å². The summed E-state index contributed by atoms with van der Waals surface area (Å²) in [5, 5.41) is 10.0. The third-order valence-corrected chi connectivity index (χ3v) is 3.21. The molecule has 1 unspecified atom stereocenters. The first kappa shape index (κ1) is 12.8. The lowest BCUT2D eigenvalue weighted by atomic mass is 10.0. The van der Waals surface area contributed by atoms with Gasteiger partial charge in [-0.25, -0.2) is 9.97 Å². The van der Waals surface area contributed by atoms with Crippen LogP contribution in [-0.2, 0) is 4.79 Å². The largest absolute Gasteiger partial charge is 0.378 e. The number of nitrogens with two attached hydrogens (primary N) is 1. The van der Waals surface area contributed by atoms with Crippen LogP contribution in [0, 0.1) is 0 Å². The Morgan fingerprint density at radius 2 is 2.33 bits per heavy atom. The van der Waals surface area contributed by atoms with Gasteiger partial charge < -0.3 is 15.7 Å². The van der Waals surface area contributed by atoms with Crippen molar-refractivity contribution in [3.05, 3.63) is 18.1 Å². The molecule has 6 heteroatoms. The smallest absolute Gasteiger partial charge is 0.251 e. The third-order valence-electron chi connectivity index (χ3n) is 3.21. The minimum absolute atomic E-state index is 0.191. The Bertz CT molecular complexity index is 463. The quantitative estimate of drug-likeness (QED) is 0.789. The Morgan fingerprint density at radius 3 is 2.89 bits per heavy atom. The maximum absolute atomic E-state index is 11.2. The van der Waals surface area contributed by atoms with Gasteiger partial charge in [0.25, 0.3) is 5.91 Å². The second-order valence-electron chi connectivity index (χ2n) is 5.00. The van der Waals surface area contributed by atoms with E-state index in [1.807, 2.05) is 18.7 Å². The van der Waals surface area contributed by atoms with Crippen molar-refractivity contribution in [3.63, 3.8) is 0 Å². The molecule has 1 amide bonds. The van der Waals surface area contributed by atoms with E-state index in [-0.39, 0.29) is 12.5 Å². The highest BCUT2D eigenvalue weighted by Crippen LogP contribution is 2.25. The van der Waals surface area contributed by atoms with Crippen LogP contribution in [-0.4, -0.2) is 39.7 Å². The van der Waals surface area contributed by atoms with Crippen LogP contribution in [0.1, 0.15) is 32.0 Å². The van der Waals surface area contributed by atoms with Crippen LogP contribution in [0.2, 0.25) is 0 Å². The van der Waals surface area contributed by atoms with Crippen molar-refractivity contribution in [2.45, 2.75) is 31.8 Å². The van der Waals surface area contributed by atoms with Crippen molar-refractivity contribution >= 4 is 11.7 Å². The fourth-order valence-corrected chi connectivity index (χ4v) is 2.01. The fraction of sp³-hybridized carbons (Fsp3) is 0.583. The molecule has 0 aliphatic carbocycles. The predicted molar refractivity (Wildman–Crippen MR) is 67.1 cm³/mol. The Labute approximate surface area is 106 Å². The molecule has 0 spiro atoms. The third kappa shape index (κ3) is 2.28. The van der Waals surface area contributed by atoms with Gasteiger partial charge in [0.05, 0.1) is 6.54 Å². The lowest BCUT2D eigenvalue weighted by Crippen LogP contribution is -2.46. The van der Waals surface area contributed by atoms with E-state index in [1.54, 1.807) is 12.3 Å². The summed E-state index contributed by atoms with van der Waals surface area (Å²) < 4.78 is 0. The van der Waals surface area contributed by atoms with Crippen molar-refractivity contribution in [2.24, 2.45) is 5.73 Å². The average molecular weight is 250 g/mol. The molecule has 18 heavy (non-hydrogen) atoms. The number of hydrogen-bond acceptors (Lipinski definition) is 5. The van der Waals surface area contributed by atoms with Crippen molar-refractivity contribution in [1.82, 2.24) is 9.97 Å². The fourth-order valence-electron chi connectivity index (χ4n) is 2.01. The Morgan fingerprint density at radius 1 is 1.61 bits per heavy atom. The topological polar surface area (TPSA) is 92.3 Å². The predicted octanol–water partition coefficient (Wildman–Crippen LogP) is 0.0265. The summed E-state index contributed by atoms with van der Waals surface area (Å²) in [6.07, 6.45) is 2.03. The van der Waals surface area contributed by atoms with Gasteiger partial charge in [-0.2, -0.15) is 0 Å². The number of aliphatic hydroxyl groups is 1.